The molecule has 1 aromatic carbocycles. The Balaban J connectivity index is 1.77. The van der Waals surface area contributed by atoms with Crippen LogP contribution < -0.4 is 5.32 Å². The molecule has 1 aromatic rings. The first kappa shape index (κ1) is 12.5. The summed E-state index contributed by atoms with van der Waals surface area (Å²) in [6.45, 7) is 4.46. The standard InChI is InChI=1S/C16H22ClN/c1-2-8-18-12-16(10-15(11-16)6-7-15)13-4-3-5-14(17)9-13/h3-5,9,18H,2,6-8,10-12H2,1H3. The summed E-state index contributed by atoms with van der Waals surface area (Å²) in [7, 11) is 0. The lowest BCUT2D eigenvalue weighted by Gasteiger charge is -2.49. The van der Waals surface area contributed by atoms with Crippen LogP contribution in [-0.2, 0) is 5.41 Å². The molecular weight excluding hydrogens is 242 g/mol. The van der Waals surface area contributed by atoms with Gasteiger partial charge in [0, 0.05) is 17.0 Å². The van der Waals surface area contributed by atoms with E-state index in [0.29, 0.717) is 5.41 Å². The normalized spacial score (nSPS) is 22.8. The van der Waals surface area contributed by atoms with Gasteiger partial charge in [-0.3, -0.25) is 0 Å². The van der Waals surface area contributed by atoms with Crippen LogP contribution in [0.5, 0.6) is 0 Å². The maximum absolute atomic E-state index is 6.16. The average molecular weight is 264 g/mol. The van der Waals surface area contributed by atoms with E-state index in [0.717, 1.165) is 23.5 Å². The van der Waals surface area contributed by atoms with E-state index >= 15 is 0 Å². The molecule has 3 rings (SSSR count). The van der Waals surface area contributed by atoms with Crippen molar-refractivity contribution < 1.29 is 0 Å². The molecule has 1 N–H and O–H groups in total. The summed E-state index contributed by atoms with van der Waals surface area (Å²) in [5.41, 5.74) is 2.52. The highest BCUT2D eigenvalue weighted by Crippen LogP contribution is 2.68. The van der Waals surface area contributed by atoms with Crippen LogP contribution >= 0.6 is 11.6 Å². The third-order valence-electron chi connectivity index (χ3n) is 4.71. The number of nitrogens with one attached hydrogen (secondary N) is 1. The second-order valence-electron chi connectivity index (χ2n) is 6.32. The van der Waals surface area contributed by atoms with E-state index in [1.54, 1.807) is 0 Å². The van der Waals surface area contributed by atoms with Crippen molar-refractivity contribution in [3.8, 4) is 0 Å². The third kappa shape index (κ3) is 2.19. The second-order valence-corrected chi connectivity index (χ2v) is 6.76. The van der Waals surface area contributed by atoms with Crippen molar-refractivity contribution in [1.29, 1.82) is 0 Å². The number of hydrogen-bond acceptors (Lipinski definition) is 1. The van der Waals surface area contributed by atoms with E-state index in [4.69, 9.17) is 11.6 Å². The summed E-state index contributed by atoms with van der Waals surface area (Å²) >= 11 is 6.16. The molecule has 98 valence electrons. The lowest BCUT2D eigenvalue weighted by Crippen LogP contribution is -2.49. The van der Waals surface area contributed by atoms with E-state index in [1.807, 2.05) is 6.07 Å². The van der Waals surface area contributed by atoms with Crippen molar-refractivity contribution in [2.24, 2.45) is 5.41 Å². The van der Waals surface area contributed by atoms with Crippen LogP contribution in [0.25, 0.3) is 0 Å². The van der Waals surface area contributed by atoms with Crippen molar-refractivity contribution in [3.05, 3.63) is 34.9 Å². The lowest BCUT2D eigenvalue weighted by atomic mass is 9.56. The molecule has 0 radical (unpaired) electrons. The van der Waals surface area contributed by atoms with Gasteiger partial charge in [-0.1, -0.05) is 30.7 Å². The van der Waals surface area contributed by atoms with Gasteiger partial charge in [0.2, 0.25) is 0 Å². The van der Waals surface area contributed by atoms with E-state index in [-0.39, 0.29) is 0 Å². The smallest absolute Gasteiger partial charge is 0.0408 e. The monoisotopic (exact) mass is 263 g/mol. The van der Waals surface area contributed by atoms with E-state index in [1.165, 1.54) is 37.7 Å². The van der Waals surface area contributed by atoms with Gasteiger partial charge >= 0.3 is 0 Å². The Bertz CT molecular complexity index is 428. The van der Waals surface area contributed by atoms with Gasteiger partial charge in [0.25, 0.3) is 0 Å². The van der Waals surface area contributed by atoms with Crippen LogP contribution in [0.4, 0.5) is 0 Å². The number of halogens is 1. The van der Waals surface area contributed by atoms with Crippen molar-refractivity contribution in [2.75, 3.05) is 13.1 Å². The van der Waals surface area contributed by atoms with Crippen molar-refractivity contribution >= 4 is 11.6 Å². The molecule has 2 heteroatoms. The summed E-state index contributed by atoms with van der Waals surface area (Å²) < 4.78 is 0. The summed E-state index contributed by atoms with van der Waals surface area (Å²) in [6.07, 6.45) is 6.82. The first-order valence-electron chi connectivity index (χ1n) is 7.15. The van der Waals surface area contributed by atoms with Crippen LogP contribution in [0.3, 0.4) is 0 Å². The van der Waals surface area contributed by atoms with Gasteiger partial charge in [0.05, 0.1) is 0 Å². The highest BCUT2D eigenvalue weighted by Gasteiger charge is 2.60. The Kier molecular flexibility index (Phi) is 3.15. The highest BCUT2D eigenvalue weighted by molar-refractivity contribution is 6.30. The highest BCUT2D eigenvalue weighted by atomic mass is 35.5. The molecule has 0 unspecified atom stereocenters. The molecule has 0 bridgehead atoms. The SMILES string of the molecule is CCCNCC1(c2cccc(Cl)c2)CC2(CC2)C1. The summed E-state index contributed by atoms with van der Waals surface area (Å²) in [6, 6.07) is 8.50. The van der Waals surface area contributed by atoms with E-state index in [2.05, 4.69) is 30.4 Å². The minimum Gasteiger partial charge on any atom is -0.316 e. The lowest BCUT2D eigenvalue weighted by molar-refractivity contribution is 0.116. The molecule has 0 heterocycles. The van der Waals surface area contributed by atoms with Gasteiger partial charge in [-0.05, 0) is 61.8 Å². The Morgan fingerprint density at radius 1 is 1.28 bits per heavy atom. The molecule has 0 aliphatic heterocycles. The molecule has 18 heavy (non-hydrogen) atoms. The molecule has 2 aliphatic carbocycles. The summed E-state index contributed by atoms with van der Waals surface area (Å²) in [5, 5.41) is 4.49. The average Bonchev–Trinajstić information content (AvgIpc) is 3.08. The van der Waals surface area contributed by atoms with Crippen LogP contribution in [0.1, 0.15) is 44.6 Å². The van der Waals surface area contributed by atoms with Gasteiger partial charge in [-0.25, -0.2) is 0 Å². The minimum atomic E-state index is 0.358. The van der Waals surface area contributed by atoms with Crippen molar-refractivity contribution in [2.45, 2.75) is 44.4 Å². The van der Waals surface area contributed by atoms with Gasteiger partial charge in [0.15, 0.2) is 0 Å². The molecule has 2 aliphatic rings. The summed E-state index contributed by atoms with van der Waals surface area (Å²) in [4.78, 5) is 0. The fourth-order valence-corrected chi connectivity index (χ4v) is 3.86. The molecule has 0 amide bonds. The molecule has 2 fully saturated rings. The Morgan fingerprint density at radius 2 is 2.06 bits per heavy atom. The molecular formula is C16H22ClN. The molecule has 1 spiro atoms. The number of benzene rings is 1. The van der Waals surface area contributed by atoms with Crippen LogP contribution in [-0.4, -0.2) is 13.1 Å². The van der Waals surface area contributed by atoms with Crippen LogP contribution in [0.15, 0.2) is 24.3 Å². The van der Waals surface area contributed by atoms with Gasteiger partial charge in [0.1, 0.15) is 0 Å². The van der Waals surface area contributed by atoms with Gasteiger partial charge in [-0.15, -0.1) is 0 Å². The largest absolute Gasteiger partial charge is 0.316 e. The second kappa shape index (κ2) is 4.54. The first-order chi connectivity index (χ1) is 8.68. The third-order valence-corrected chi connectivity index (χ3v) is 4.95. The fourth-order valence-electron chi connectivity index (χ4n) is 3.67. The predicted molar refractivity (Wildman–Crippen MR) is 77.2 cm³/mol. The molecule has 0 saturated heterocycles. The van der Waals surface area contributed by atoms with Crippen molar-refractivity contribution in [1.82, 2.24) is 5.32 Å². The maximum atomic E-state index is 6.16. The van der Waals surface area contributed by atoms with Crippen LogP contribution in [0, 0.1) is 5.41 Å². The quantitative estimate of drug-likeness (QED) is 0.787. The minimum absolute atomic E-state index is 0.358. The first-order valence-corrected chi connectivity index (χ1v) is 7.53. The molecule has 0 atom stereocenters. The summed E-state index contributed by atoms with van der Waals surface area (Å²) in [5.74, 6) is 0. The van der Waals surface area contributed by atoms with E-state index in [9.17, 15) is 0 Å². The Labute approximate surface area is 115 Å². The molecule has 1 nitrogen and oxygen atoms in total. The van der Waals surface area contributed by atoms with Gasteiger partial charge < -0.3 is 5.32 Å². The Hall–Kier alpha value is -0.530. The van der Waals surface area contributed by atoms with E-state index < -0.39 is 0 Å². The molecule has 0 aromatic heterocycles. The van der Waals surface area contributed by atoms with Crippen molar-refractivity contribution in [3.63, 3.8) is 0 Å². The van der Waals surface area contributed by atoms with Gasteiger partial charge in [-0.2, -0.15) is 0 Å². The zero-order chi connectivity index (χ0) is 12.6. The zero-order valence-electron chi connectivity index (χ0n) is 11.1. The molecule has 2 saturated carbocycles. The predicted octanol–water partition coefficient (Wildman–Crippen LogP) is 4.15. The Morgan fingerprint density at radius 3 is 2.67 bits per heavy atom. The number of rotatable bonds is 5. The van der Waals surface area contributed by atoms with Crippen LogP contribution in [0.2, 0.25) is 5.02 Å². The zero-order valence-corrected chi connectivity index (χ0v) is 11.9. The fraction of sp³-hybridized carbons (Fsp3) is 0.625. The topological polar surface area (TPSA) is 12.0 Å². The maximum Gasteiger partial charge on any atom is 0.0408 e. The number of hydrogen-bond donors (Lipinski definition) is 1.